The summed E-state index contributed by atoms with van der Waals surface area (Å²) < 4.78 is 7.19. The first-order chi connectivity index (χ1) is 11.2. The van der Waals surface area contributed by atoms with E-state index in [-0.39, 0.29) is 11.2 Å². The largest absolute Gasteiger partial charge is 0.465 e. The number of cyclic esters (lactones) is 1. The highest BCUT2D eigenvalue weighted by Crippen LogP contribution is 2.33. The molecule has 0 spiro atoms. The first kappa shape index (κ1) is 14.3. The predicted molar refractivity (Wildman–Crippen MR) is 91.0 cm³/mol. The SMILES string of the molecule is Cc1ccc(-n2c(S[C@@H]3CCOC3=O)nc3ccccc32)cc1. The number of para-hydroxylation sites is 2. The Kier molecular flexibility index (Phi) is 3.58. The number of aromatic nitrogens is 2. The first-order valence-electron chi connectivity index (χ1n) is 7.60. The standard InChI is InChI=1S/C18H16N2O2S/c1-12-6-8-13(9-7-12)20-15-5-3-2-4-14(15)19-18(20)23-16-10-11-22-17(16)21/h2-9,16H,10-11H2,1H3/t16-/m1/s1. The van der Waals surface area contributed by atoms with Crippen LogP contribution in [0.2, 0.25) is 0 Å². The Morgan fingerprint density at radius 1 is 1.17 bits per heavy atom. The van der Waals surface area contributed by atoms with Crippen molar-refractivity contribution < 1.29 is 9.53 Å². The monoisotopic (exact) mass is 324 g/mol. The number of rotatable bonds is 3. The molecule has 0 radical (unpaired) electrons. The van der Waals surface area contributed by atoms with Crippen LogP contribution in [-0.4, -0.2) is 27.4 Å². The Bertz CT molecular complexity index is 870. The molecule has 0 saturated carbocycles. The third kappa shape index (κ3) is 2.61. The Hall–Kier alpha value is -2.27. The maximum atomic E-state index is 11.8. The number of benzene rings is 2. The molecule has 1 aliphatic rings. The molecular formula is C18H16N2O2S. The van der Waals surface area contributed by atoms with Gasteiger partial charge in [0.2, 0.25) is 0 Å². The highest BCUT2D eigenvalue weighted by Gasteiger charge is 2.29. The Morgan fingerprint density at radius 3 is 2.70 bits per heavy atom. The van der Waals surface area contributed by atoms with Crippen molar-refractivity contribution in [2.75, 3.05) is 6.61 Å². The minimum Gasteiger partial charge on any atom is -0.465 e. The Labute approximate surface area is 138 Å². The van der Waals surface area contributed by atoms with Crippen molar-refractivity contribution in [2.24, 2.45) is 0 Å². The van der Waals surface area contributed by atoms with Gasteiger partial charge in [-0.1, -0.05) is 41.6 Å². The fourth-order valence-corrected chi connectivity index (χ4v) is 3.83. The van der Waals surface area contributed by atoms with Crippen molar-refractivity contribution in [3.8, 4) is 5.69 Å². The zero-order valence-corrected chi connectivity index (χ0v) is 13.5. The molecule has 1 aliphatic heterocycles. The van der Waals surface area contributed by atoms with Crippen molar-refractivity contribution in [2.45, 2.75) is 23.8 Å². The van der Waals surface area contributed by atoms with E-state index in [9.17, 15) is 4.79 Å². The van der Waals surface area contributed by atoms with Gasteiger partial charge < -0.3 is 4.74 Å². The molecule has 3 aromatic rings. The first-order valence-corrected chi connectivity index (χ1v) is 8.48. The van der Waals surface area contributed by atoms with E-state index in [2.05, 4.69) is 41.8 Å². The van der Waals surface area contributed by atoms with Crippen LogP contribution in [0, 0.1) is 6.92 Å². The number of hydrogen-bond donors (Lipinski definition) is 0. The summed E-state index contributed by atoms with van der Waals surface area (Å²) in [6, 6.07) is 16.4. The fraction of sp³-hybridized carbons (Fsp3) is 0.222. The van der Waals surface area contributed by atoms with E-state index in [0.29, 0.717) is 6.61 Å². The molecule has 23 heavy (non-hydrogen) atoms. The van der Waals surface area contributed by atoms with Gasteiger partial charge in [0.1, 0.15) is 5.25 Å². The molecule has 0 aliphatic carbocycles. The number of fused-ring (bicyclic) bond motifs is 1. The van der Waals surface area contributed by atoms with E-state index in [1.807, 2.05) is 18.2 Å². The maximum absolute atomic E-state index is 11.8. The van der Waals surface area contributed by atoms with E-state index >= 15 is 0 Å². The minimum atomic E-state index is -0.170. The zero-order chi connectivity index (χ0) is 15.8. The topological polar surface area (TPSA) is 44.1 Å². The maximum Gasteiger partial charge on any atom is 0.319 e. The number of carbonyl (C=O) groups is 1. The van der Waals surface area contributed by atoms with E-state index in [1.54, 1.807) is 0 Å². The fourth-order valence-electron chi connectivity index (χ4n) is 2.74. The molecule has 1 aromatic heterocycles. The van der Waals surface area contributed by atoms with Gasteiger partial charge in [0.15, 0.2) is 5.16 Å². The van der Waals surface area contributed by atoms with Gasteiger partial charge in [0.25, 0.3) is 0 Å². The average Bonchev–Trinajstić information content (AvgIpc) is 3.12. The second kappa shape index (κ2) is 5.74. The molecule has 1 saturated heterocycles. The van der Waals surface area contributed by atoms with Crippen LogP contribution in [0.25, 0.3) is 16.7 Å². The highest BCUT2D eigenvalue weighted by molar-refractivity contribution is 8.00. The van der Waals surface area contributed by atoms with Crippen LogP contribution in [-0.2, 0) is 9.53 Å². The molecule has 0 unspecified atom stereocenters. The molecule has 5 heteroatoms. The van der Waals surface area contributed by atoms with E-state index in [1.165, 1.54) is 17.3 Å². The van der Waals surface area contributed by atoms with Gasteiger partial charge >= 0.3 is 5.97 Å². The molecule has 2 heterocycles. The average molecular weight is 324 g/mol. The summed E-state index contributed by atoms with van der Waals surface area (Å²) in [4.78, 5) is 16.5. The van der Waals surface area contributed by atoms with Crippen molar-refractivity contribution in [3.63, 3.8) is 0 Å². The molecule has 1 atom stereocenters. The third-order valence-electron chi connectivity index (χ3n) is 3.96. The normalized spacial score (nSPS) is 17.6. The molecule has 1 fully saturated rings. The second-order valence-corrected chi connectivity index (χ2v) is 6.79. The number of esters is 1. The van der Waals surface area contributed by atoms with Crippen LogP contribution >= 0.6 is 11.8 Å². The van der Waals surface area contributed by atoms with Crippen LogP contribution in [0.5, 0.6) is 0 Å². The lowest BCUT2D eigenvalue weighted by Crippen LogP contribution is -2.11. The van der Waals surface area contributed by atoms with Crippen molar-refractivity contribution in [1.82, 2.24) is 9.55 Å². The van der Waals surface area contributed by atoms with Gasteiger partial charge in [0.05, 0.1) is 17.6 Å². The summed E-state index contributed by atoms with van der Waals surface area (Å²) in [5.74, 6) is -0.141. The van der Waals surface area contributed by atoms with Gasteiger partial charge in [-0.2, -0.15) is 0 Å². The number of hydrogen-bond acceptors (Lipinski definition) is 4. The Morgan fingerprint density at radius 2 is 1.96 bits per heavy atom. The van der Waals surface area contributed by atoms with Crippen LogP contribution in [0.4, 0.5) is 0 Å². The molecule has 4 nitrogen and oxygen atoms in total. The summed E-state index contributed by atoms with van der Waals surface area (Å²) in [5, 5.41) is 0.662. The number of aryl methyl sites for hydroxylation is 1. The van der Waals surface area contributed by atoms with E-state index < -0.39 is 0 Å². The minimum absolute atomic E-state index is 0.141. The molecule has 0 bridgehead atoms. The van der Waals surface area contributed by atoms with Gasteiger partial charge in [-0.25, -0.2) is 4.98 Å². The number of nitrogens with zero attached hydrogens (tertiary/aromatic N) is 2. The second-order valence-electron chi connectivity index (χ2n) is 5.62. The van der Waals surface area contributed by atoms with Crippen molar-refractivity contribution >= 4 is 28.8 Å². The van der Waals surface area contributed by atoms with E-state index in [0.717, 1.165) is 28.3 Å². The van der Waals surface area contributed by atoms with Gasteiger partial charge in [-0.3, -0.25) is 9.36 Å². The van der Waals surface area contributed by atoms with Crippen molar-refractivity contribution in [3.05, 3.63) is 54.1 Å². The van der Waals surface area contributed by atoms with Gasteiger partial charge in [-0.15, -0.1) is 0 Å². The molecule has 0 amide bonds. The van der Waals surface area contributed by atoms with Gasteiger partial charge in [0, 0.05) is 12.1 Å². The lowest BCUT2D eigenvalue weighted by atomic mass is 10.2. The molecule has 116 valence electrons. The number of carbonyl (C=O) groups excluding carboxylic acids is 1. The summed E-state index contributed by atoms with van der Waals surface area (Å²) in [6.07, 6.45) is 0.737. The van der Waals surface area contributed by atoms with Crippen molar-refractivity contribution in [1.29, 1.82) is 0 Å². The van der Waals surface area contributed by atoms with Gasteiger partial charge in [-0.05, 0) is 31.2 Å². The lowest BCUT2D eigenvalue weighted by molar-refractivity contribution is -0.137. The highest BCUT2D eigenvalue weighted by atomic mass is 32.2. The number of imidazole rings is 1. The summed E-state index contributed by atoms with van der Waals surface area (Å²) in [6.45, 7) is 2.57. The lowest BCUT2D eigenvalue weighted by Gasteiger charge is -2.10. The van der Waals surface area contributed by atoms with Crippen LogP contribution in [0.15, 0.2) is 53.7 Å². The number of ether oxygens (including phenoxy) is 1. The molecule has 2 aromatic carbocycles. The van der Waals surface area contributed by atoms with Crippen LogP contribution in [0.1, 0.15) is 12.0 Å². The predicted octanol–water partition coefficient (Wildman–Crippen LogP) is 3.74. The molecular weight excluding hydrogens is 308 g/mol. The van der Waals surface area contributed by atoms with E-state index in [4.69, 9.17) is 9.72 Å². The summed E-state index contributed by atoms with van der Waals surface area (Å²) in [7, 11) is 0. The smallest absolute Gasteiger partial charge is 0.319 e. The quantitative estimate of drug-likeness (QED) is 0.688. The molecule has 0 N–H and O–H groups in total. The molecule has 4 rings (SSSR count). The Balaban J connectivity index is 1.84. The zero-order valence-electron chi connectivity index (χ0n) is 12.7. The third-order valence-corrected chi connectivity index (χ3v) is 5.15. The summed E-state index contributed by atoms with van der Waals surface area (Å²) in [5.41, 5.74) is 4.25. The van der Waals surface area contributed by atoms with Crippen LogP contribution < -0.4 is 0 Å². The van der Waals surface area contributed by atoms with Crippen LogP contribution in [0.3, 0.4) is 0 Å². The summed E-state index contributed by atoms with van der Waals surface area (Å²) >= 11 is 1.49. The number of thioether (sulfide) groups is 1.